The number of likely N-dealkylation sites (tertiary alicyclic amines) is 2. The number of hydrogen-bond donors (Lipinski definition) is 1. The number of para-hydroxylation sites is 1. The molecule has 2 fully saturated rings. The number of carbonyl (C=O) groups excluding carboxylic acids is 1. The highest BCUT2D eigenvalue weighted by molar-refractivity contribution is 5.78. The molecule has 2 saturated heterocycles. The molecule has 1 amide bonds. The third kappa shape index (κ3) is 5.67. The minimum atomic E-state index is -0.841. The first-order chi connectivity index (χ1) is 17.3. The number of halogens is 2. The van der Waals surface area contributed by atoms with Gasteiger partial charge in [-0.25, -0.2) is 8.78 Å². The topological polar surface area (TPSA) is 53.0 Å². The normalized spacial score (nSPS) is 23.8. The second-order valence-electron chi connectivity index (χ2n) is 10.1. The van der Waals surface area contributed by atoms with Crippen molar-refractivity contribution in [1.82, 2.24) is 9.80 Å². The Bertz CT molecular complexity index is 1160. The van der Waals surface area contributed by atoms with E-state index >= 15 is 0 Å². The Morgan fingerprint density at radius 3 is 2.53 bits per heavy atom. The molecule has 0 saturated carbocycles. The Morgan fingerprint density at radius 2 is 1.83 bits per heavy atom. The summed E-state index contributed by atoms with van der Waals surface area (Å²) in [7, 11) is 0. The van der Waals surface area contributed by atoms with E-state index in [2.05, 4.69) is 4.90 Å². The maximum Gasteiger partial charge on any atom is 0.222 e. The third-order valence-electron chi connectivity index (χ3n) is 7.23. The van der Waals surface area contributed by atoms with Crippen molar-refractivity contribution in [2.24, 2.45) is 0 Å². The fourth-order valence-corrected chi connectivity index (χ4v) is 5.23. The Morgan fingerprint density at radius 1 is 1.06 bits per heavy atom. The average Bonchev–Trinajstić information content (AvgIpc) is 3.44. The Balaban J connectivity index is 1.27. The molecule has 6 nitrogen and oxygen atoms in total. The van der Waals surface area contributed by atoms with E-state index in [-0.39, 0.29) is 17.1 Å². The first-order valence-electron chi connectivity index (χ1n) is 12.5. The molecule has 8 heteroatoms. The number of hydroxylamine groups is 3. The first-order valence-corrected chi connectivity index (χ1v) is 12.5. The summed E-state index contributed by atoms with van der Waals surface area (Å²) in [5, 5.41) is 11.1. The molecule has 2 aromatic carbocycles. The van der Waals surface area contributed by atoms with E-state index in [0.717, 1.165) is 37.7 Å². The molecule has 0 aliphatic carbocycles. The molecule has 0 bridgehead atoms. The maximum atomic E-state index is 14.5. The molecule has 36 heavy (non-hydrogen) atoms. The molecule has 0 radical (unpaired) electrons. The number of rotatable bonds is 8. The first kappa shape index (κ1) is 24.6. The number of nitrogens with zero attached hydrogens (tertiary/aromatic N) is 3. The van der Waals surface area contributed by atoms with Crippen LogP contribution in [0, 0.1) is 11.6 Å². The van der Waals surface area contributed by atoms with Crippen LogP contribution in [0.1, 0.15) is 31.2 Å². The summed E-state index contributed by atoms with van der Waals surface area (Å²) >= 11 is 0. The number of benzene rings is 2. The zero-order valence-electron chi connectivity index (χ0n) is 20.3. The Hall–Kier alpha value is -3.07. The lowest BCUT2D eigenvalue weighted by atomic mass is 9.90. The lowest BCUT2D eigenvalue weighted by Crippen LogP contribution is -2.51. The van der Waals surface area contributed by atoms with Crippen molar-refractivity contribution in [3.8, 4) is 5.75 Å². The smallest absolute Gasteiger partial charge is 0.222 e. The molecule has 1 atom stereocenters. The van der Waals surface area contributed by atoms with Crippen molar-refractivity contribution >= 4 is 5.91 Å². The van der Waals surface area contributed by atoms with E-state index in [1.54, 1.807) is 4.90 Å². The highest BCUT2D eigenvalue weighted by Crippen LogP contribution is 2.31. The summed E-state index contributed by atoms with van der Waals surface area (Å²) in [5.74, 6) is -0.441. The summed E-state index contributed by atoms with van der Waals surface area (Å²) < 4.78 is 27.9. The van der Waals surface area contributed by atoms with E-state index < -0.39 is 17.2 Å². The van der Waals surface area contributed by atoms with Crippen molar-refractivity contribution in [2.45, 2.75) is 37.8 Å². The molecule has 3 aliphatic rings. The molecule has 1 N–H and O–H groups in total. The van der Waals surface area contributed by atoms with Gasteiger partial charge in [0.25, 0.3) is 0 Å². The fraction of sp³-hybridized carbons (Fsp3) is 0.393. The Labute approximate surface area is 210 Å². The van der Waals surface area contributed by atoms with Crippen molar-refractivity contribution in [3.63, 3.8) is 0 Å². The van der Waals surface area contributed by atoms with Gasteiger partial charge in [-0.15, -0.1) is 0 Å². The molecular weight excluding hydrogens is 464 g/mol. The monoisotopic (exact) mass is 496 g/mol. The quantitative estimate of drug-likeness (QED) is 0.559. The lowest BCUT2D eigenvalue weighted by Gasteiger charge is -2.40. The van der Waals surface area contributed by atoms with Crippen LogP contribution in [-0.4, -0.2) is 63.8 Å². The molecule has 1 unspecified atom stereocenters. The van der Waals surface area contributed by atoms with Gasteiger partial charge in [-0.3, -0.25) is 9.69 Å². The van der Waals surface area contributed by atoms with Crippen molar-refractivity contribution in [3.05, 3.63) is 89.8 Å². The summed E-state index contributed by atoms with van der Waals surface area (Å²) in [5.41, 5.74) is 0.537. The van der Waals surface area contributed by atoms with E-state index in [1.165, 1.54) is 12.1 Å². The zero-order chi connectivity index (χ0) is 25.2. The number of amides is 1. The molecular formula is C28H32F2N3O3+. The molecule has 3 heterocycles. The largest absolute Gasteiger partial charge is 0.388 e. The molecule has 0 spiro atoms. The third-order valence-corrected chi connectivity index (χ3v) is 7.23. The van der Waals surface area contributed by atoms with Gasteiger partial charge in [0.05, 0.1) is 5.60 Å². The summed E-state index contributed by atoms with van der Waals surface area (Å²) in [6, 6.07) is 12.9. The zero-order valence-corrected chi connectivity index (χ0v) is 20.3. The van der Waals surface area contributed by atoms with Crippen LogP contribution >= 0.6 is 0 Å². The van der Waals surface area contributed by atoms with E-state index in [9.17, 15) is 18.7 Å². The minimum absolute atomic E-state index is 0.0727. The molecule has 190 valence electrons. The molecule has 5 rings (SSSR count). The van der Waals surface area contributed by atoms with Crippen LogP contribution < -0.4 is 4.84 Å². The van der Waals surface area contributed by atoms with Gasteiger partial charge >= 0.3 is 0 Å². The number of aliphatic hydroxyl groups is 1. The van der Waals surface area contributed by atoms with Crippen LogP contribution in [0.15, 0.2) is 72.6 Å². The number of piperidine rings is 1. The van der Waals surface area contributed by atoms with E-state index in [0.29, 0.717) is 43.7 Å². The fourth-order valence-electron chi connectivity index (χ4n) is 5.23. The van der Waals surface area contributed by atoms with Gasteiger partial charge in [0.15, 0.2) is 12.3 Å². The van der Waals surface area contributed by atoms with Crippen LogP contribution in [0.4, 0.5) is 8.78 Å². The summed E-state index contributed by atoms with van der Waals surface area (Å²) in [6.45, 7) is 3.42. The van der Waals surface area contributed by atoms with Crippen molar-refractivity contribution < 1.29 is 28.2 Å². The SMILES string of the molecule is O=C1CCCN1CC1(O)CCN(CC2=C[N+](Cc3ccc(F)cc3F)(Oc3ccccc3)C=C2)CC1. The van der Waals surface area contributed by atoms with Crippen LogP contribution in [-0.2, 0) is 11.3 Å². The Kier molecular flexibility index (Phi) is 6.92. The molecule has 3 aliphatic heterocycles. The number of hydrogen-bond acceptors (Lipinski definition) is 4. The predicted octanol–water partition coefficient (Wildman–Crippen LogP) is 4.14. The van der Waals surface area contributed by atoms with Gasteiger partial charge in [-0.2, -0.15) is 0 Å². The van der Waals surface area contributed by atoms with Gasteiger partial charge in [-0.05, 0) is 43.5 Å². The van der Waals surface area contributed by atoms with Crippen LogP contribution in [0.2, 0.25) is 0 Å². The summed E-state index contributed by atoms with van der Waals surface area (Å²) in [4.78, 5) is 22.4. The van der Waals surface area contributed by atoms with Crippen LogP contribution in [0.5, 0.6) is 5.75 Å². The van der Waals surface area contributed by atoms with Gasteiger partial charge in [0.2, 0.25) is 5.91 Å². The molecule has 0 aromatic heterocycles. The van der Waals surface area contributed by atoms with Crippen LogP contribution in [0.25, 0.3) is 0 Å². The average molecular weight is 497 g/mol. The highest BCUT2D eigenvalue weighted by Gasteiger charge is 2.38. The van der Waals surface area contributed by atoms with E-state index in [1.807, 2.05) is 48.8 Å². The summed E-state index contributed by atoms with van der Waals surface area (Å²) in [6.07, 6.45) is 8.48. The van der Waals surface area contributed by atoms with Gasteiger partial charge in [0, 0.05) is 62.4 Å². The lowest BCUT2D eigenvalue weighted by molar-refractivity contribution is -1.01. The predicted molar refractivity (Wildman–Crippen MR) is 131 cm³/mol. The van der Waals surface area contributed by atoms with Gasteiger partial charge < -0.3 is 14.8 Å². The van der Waals surface area contributed by atoms with Crippen molar-refractivity contribution in [2.75, 3.05) is 32.7 Å². The van der Waals surface area contributed by atoms with Crippen molar-refractivity contribution in [1.29, 1.82) is 0 Å². The minimum Gasteiger partial charge on any atom is -0.388 e. The van der Waals surface area contributed by atoms with Crippen LogP contribution in [0.3, 0.4) is 0 Å². The second kappa shape index (κ2) is 10.1. The van der Waals surface area contributed by atoms with Gasteiger partial charge in [0.1, 0.15) is 24.0 Å². The molecule has 2 aromatic rings. The number of quaternary nitrogens is 1. The number of carbonyl (C=O) groups is 1. The number of β-amino-alcohol motifs (C(OH)–C–C–N with tert-alkyl or cyclic N) is 1. The van der Waals surface area contributed by atoms with Gasteiger partial charge in [-0.1, -0.05) is 22.8 Å². The maximum absolute atomic E-state index is 14.5. The standard InChI is InChI=1S/C28H32F2N3O3/c29-24-9-8-23(26(30)17-24)20-33(36-25-5-2-1-3-6-25)16-10-22(19-33)18-31-14-11-28(35,12-15-31)21-32-13-4-7-27(32)34/h1-3,5-6,8-10,16-17,19,35H,4,7,11-15,18,20-21H2/q+1. The highest BCUT2D eigenvalue weighted by atomic mass is 19.1. The van der Waals surface area contributed by atoms with E-state index in [4.69, 9.17) is 4.84 Å². The second-order valence-corrected chi connectivity index (χ2v) is 10.1.